The summed E-state index contributed by atoms with van der Waals surface area (Å²) >= 11 is 0. The molecule has 9 heteroatoms. The zero-order valence-electron chi connectivity index (χ0n) is 18.1. The molecule has 0 aliphatic carbocycles. The summed E-state index contributed by atoms with van der Waals surface area (Å²) < 4.78 is 16.7. The minimum atomic E-state index is -1.54. The number of aliphatic hydroxyl groups excluding tert-OH is 3. The van der Waals surface area contributed by atoms with Crippen LogP contribution in [0.3, 0.4) is 0 Å². The van der Waals surface area contributed by atoms with Crippen LogP contribution in [0.25, 0.3) is 0 Å². The predicted octanol–water partition coefficient (Wildman–Crippen LogP) is 1.48. The van der Waals surface area contributed by atoms with Crippen LogP contribution in [0, 0.1) is 0 Å². The Morgan fingerprint density at radius 1 is 1.23 bits per heavy atom. The van der Waals surface area contributed by atoms with Gasteiger partial charge in [0.15, 0.2) is 12.4 Å². The van der Waals surface area contributed by atoms with Gasteiger partial charge in [-0.15, -0.1) is 6.58 Å². The lowest BCUT2D eigenvalue weighted by Gasteiger charge is -2.43. The highest BCUT2D eigenvalue weighted by Gasteiger charge is 2.48. The van der Waals surface area contributed by atoms with E-state index in [9.17, 15) is 20.1 Å². The zero-order valence-corrected chi connectivity index (χ0v) is 18.1. The van der Waals surface area contributed by atoms with Gasteiger partial charge in [0.2, 0.25) is 0 Å². The second-order valence-corrected chi connectivity index (χ2v) is 7.98. The van der Waals surface area contributed by atoms with E-state index in [4.69, 9.17) is 19.5 Å². The Bertz CT molecular complexity index is 640. The summed E-state index contributed by atoms with van der Waals surface area (Å²) in [7, 11) is 0. The molecule has 0 saturated carbocycles. The van der Waals surface area contributed by atoms with Gasteiger partial charge in [-0.1, -0.05) is 24.3 Å². The number of carbonyl (C=O) groups excluding carboxylic acids is 1. The number of allylic oxidation sites excluding steroid dienone is 1. The van der Waals surface area contributed by atoms with E-state index in [0.717, 1.165) is 0 Å². The predicted molar refractivity (Wildman–Crippen MR) is 108 cm³/mol. The van der Waals surface area contributed by atoms with Crippen LogP contribution in [0.2, 0.25) is 0 Å². The van der Waals surface area contributed by atoms with Gasteiger partial charge in [0.25, 0.3) is 0 Å². The number of hydrogen-bond donors (Lipinski definition) is 4. The van der Waals surface area contributed by atoms with Crippen LogP contribution >= 0.6 is 0 Å². The van der Waals surface area contributed by atoms with Crippen LogP contribution in [0.4, 0.5) is 0 Å². The molecule has 30 heavy (non-hydrogen) atoms. The Morgan fingerprint density at radius 2 is 1.87 bits per heavy atom. The third-order valence-corrected chi connectivity index (χ3v) is 4.91. The van der Waals surface area contributed by atoms with Gasteiger partial charge in [-0.25, -0.2) is 9.68 Å². The van der Waals surface area contributed by atoms with Gasteiger partial charge in [0.1, 0.15) is 23.9 Å². The summed E-state index contributed by atoms with van der Waals surface area (Å²) in [6.45, 7) is 11.4. The van der Waals surface area contributed by atoms with Gasteiger partial charge in [-0.3, -0.25) is 5.26 Å². The summed E-state index contributed by atoms with van der Waals surface area (Å²) in [5.74, 6) is -0.690. The fourth-order valence-electron chi connectivity index (χ4n) is 2.68. The maximum atomic E-state index is 12.0. The fourth-order valence-corrected chi connectivity index (χ4v) is 2.68. The lowest BCUT2D eigenvalue weighted by Crippen LogP contribution is -2.61. The lowest BCUT2D eigenvalue weighted by molar-refractivity contribution is -0.320. The Morgan fingerprint density at radius 3 is 2.37 bits per heavy atom. The van der Waals surface area contributed by atoms with E-state index >= 15 is 0 Å². The molecule has 172 valence electrons. The minimum absolute atomic E-state index is 0.286. The average Bonchev–Trinajstić information content (AvgIpc) is 2.72. The molecule has 1 heterocycles. The smallest absolute Gasteiger partial charge is 0.333 e. The molecule has 4 N–H and O–H groups in total. The molecule has 1 fully saturated rings. The van der Waals surface area contributed by atoms with Crippen LogP contribution in [-0.2, 0) is 23.9 Å². The molecule has 1 aliphatic heterocycles. The monoisotopic (exact) mass is 430 g/mol. The van der Waals surface area contributed by atoms with Crippen LogP contribution in [0.5, 0.6) is 0 Å². The van der Waals surface area contributed by atoms with Crippen molar-refractivity contribution in [2.75, 3.05) is 6.61 Å². The fraction of sp³-hybridized carbons (Fsp3) is 0.667. The van der Waals surface area contributed by atoms with E-state index in [-0.39, 0.29) is 6.42 Å². The van der Waals surface area contributed by atoms with E-state index in [1.807, 2.05) is 0 Å². The molecule has 0 radical (unpaired) electrons. The van der Waals surface area contributed by atoms with Gasteiger partial charge in [0, 0.05) is 5.57 Å². The number of hydrogen-bond acceptors (Lipinski definition) is 9. The number of rotatable bonds is 10. The van der Waals surface area contributed by atoms with E-state index < -0.39 is 54.5 Å². The zero-order chi connectivity index (χ0) is 23.1. The van der Waals surface area contributed by atoms with E-state index in [2.05, 4.69) is 11.5 Å². The molecule has 1 saturated heterocycles. The molecule has 9 nitrogen and oxygen atoms in total. The van der Waals surface area contributed by atoms with Crippen LogP contribution in [0.15, 0.2) is 36.5 Å². The van der Waals surface area contributed by atoms with Crippen molar-refractivity contribution in [3.8, 4) is 0 Å². The van der Waals surface area contributed by atoms with Crippen molar-refractivity contribution < 1.29 is 44.5 Å². The molecule has 0 aromatic carbocycles. The van der Waals surface area contributed by atoms with Crippen molar-refractivity contribution in [2.24, 2.45) is 0 Å². The van der Waals surface area contributed by atoms with Crippen molar-refractivity contribution in [2.45, 2.75) is 82.9 Å². The maximum absolute atomic E-state index is 12.0. The van der Waals surface area contributed by atoms with Crippen molar-refractivity contribution in [3.05, 3.63) is 36.5 Å². The number of ether oxygens (including phenoxy) is 3. The number of carbonyl (C=O) groups is 1. The van der Waals surface area contributed by atoms with Crippen LogP contribution < -0.4 is 0 Å². The minimum Gasteiger partial charge on any atom is -0.453 e. The van der Waals surface area contributed by atoms with Gasteiger partial charge < -0.3 is 29.5 Å². The van der Waals surface area contributed by atoms with E-state index in [1.54, 1.807) is 52.8 Å². The van der Waals surface area contributed by atoms with Crippen molar-refractivity contribution in [1.82, 2.24) is 0 Å². The molecular formula is C21H34O9. The van der Waals surface area contributed by atoms with Crippen molar-refractivity contribution >= 4 is 5.97 Å². The SMILES string of the molecule is C=CC(C)(CC=CC(C)(C)OO)OC1OC(CO)C(OC(=O)C(C)=CC)C(O)C1O. The summed E-state index contributed by atoms with van der Waals surface area (Å²) in [6.07, 6.45) is -0.111. The Kier molecular flexibility index (Phi) is 9.83. The Balaban J connectivity index is 2.93. The second kappa shape index (κ2) is 11.1. The molecule has 0 aromatic heterocycles. The highest BCUT2D eigenvalue weighted by molar-refractivity contribution is 5.87. The topological polar surface area (TPSA) is 135 Å². The first-order chi connectivity index (χ1) is 13.9. The van der Waals surface area contributed by atoms with Crippen molar-refractivity contribution in [1.29, 1.82) is 0 Å². The Hall–Kier alpha value is -1.59. The standard InChI is InChI=1S/C21H34O9/c1-7-13(3)18(25)28-17-14(12-22)27-19(16(24)15(17)23)29-21(6,8-2)11-9-10-20(4,5)30-26/h7-10,14-17,19,22-24,26H,2,11-12H2,1,3-6H3. The number of aliphatic hydroxyl groups is 3. The lowest BCUT2D eigenvalue weighted by atomic mass is 9.97. The molecule has 6 unspecified atom stereocenters. The Labute approximate surface area is 177 Å². The summed E-state index contributed by atoms with van der Waals surface area (Å²) in [6, 6.07) is 0. The van der Waals surface area contributed by atoms with Gasteiger partial charge in [0.05, 0.1) is 12.2 Å². The molecule has 6 atom stereocenters. The number of esters is 1. The molecular weight excluding hydrogens is 396 g/mol. The summed E-state index contributed by atoms with van der Waals surface area (Å²) in [5.41, 5.74) is -1.60. The first-order valence-corrected chi connectivity index (χ1v) is 9.71. The third kappa shape index (κ3) is 6.98. The van der Waals surface area contributed by atoms with Crippen LogP contribution in [0.1, 0.15) is 41.0 Å². The highest BCUT2D eigenvalue weighted by atomic mass is 17.1. The molecule has 1 aliphatic rings. The first kappa shape index (κ1) is 26.4. The quantitative estimate of drug-likeness (QED) is 0.134. The average molecular weight is 430 g/mol. The maximum Gasteiger partial charge on any atom is 0.333 e. The molecule has 0 amide bonds. The molecule has 0 aromatic rings. The van der Waals surface area contributed by atoms with Crippen molar-refractivity contribution in [3.63, 3.8) is 0 Å². The molecule has 0 bridgehead atoms. The molecule has 1 rings (SSSR count). The van der Waals surface area contributed by atoms with E-state index in [0.29, 0.717) is 5.57 Å². The largest absolute Gasteiger partial charge is 0.453 e. The van der Waals surface area contributed by atoms with Gasteiger partial charge in [-0.2, -0.15) is 0 Å². The normalized spacial score (nSPS) is 30.2. The van der Waals surface area contributed by atoms with Crippen LogP contribution in [-0.4, -0.2) is 75.1 Å². The summed E-state index contributed by atoms with van der Waals surface area (Å²) in [4.78, 5) is 16.4. The van der Waals surface area contributed by atoms with E-state index in [1.165, 1.54) is 6.08 Å². The second-order valence-electron chi connectivity index (χ2n) is 7.98. The summed E-state index contributed by atoms with van der Waals surface area (Å²) in [5, 5.41) is 39.5. The first-order valence-electron chi connectivity index (χ1n) is 9.71. The molecule has 0 spiro atoms. The highest BCUT2D eigenvalue weighted by Crippen LogP contribution is 2.30. The van der Waals surface area contributed by atoms with Gasteiger partial charge in [-0.05, 0) is 41.0 Å². The van der Waals surface area contributed by atoms with Gasteiger partial charge >= 0.3 is 5.97 Å². The third-order valence-electron chi connectivity index (χ3n) is 4.91.